The largest absolute Gasteiger partial charge is 1.00 e. The number of unbranched alkanes of at least 4 members (excludes halogenated alkanes) is 1. The van der Waals surface area contributed by atoms with E-state index in [1.807, 2.05) is 13.0 Å². The second kappa shape index (κ2) is 19.8. The van der Waals surface area contributed by atoms with Crippen molar-refractivity contribution in [3.8, 4) is 0 Å². The molecule has 0 aromatic heterocycles. The van der Waals surface area contributed by atoms with E-state index in [4.69, 9.17) is 0 Å². The van der Waals surface area contributed by atoms with Crippen LogP contribution >= 0.6 is 7.60 Å². The van der Waals surface area contributed by atoms with Crippen LogP contribution in [0.3, 0.4) is 0 Å². The topological polar surface area (TPSA) is 107 Å². The van der Waals surface area contributed by atoms with Crippen LogP contribution in [0, 0.1) is 0 Å². The molecule has 6 nitrogen and oxygen atoms in total. The van der Waals surface area contributed by atoms with Crippen LogP contribution in [0.5, 0.6) is 0 Å². The van der Waals surface area contributed by atoms with Crippen molar-refractivity contribution in [1.29, 1.82) is 0 Å². The van der Waals surface area contributed by atoms with Crippen LogP contribution in [-0.2, 0) is 19.2 Å². The molecule has 0 N–H and O–H groups in total. The summed E-state index contributed by atoms with van der Waals surface area (Å²) in [6, 6.07) is 0. The van der Waals surface area contributed by atoms with Crippen molar-refractivity contribution in [2.75, 3.05) is 6.61 Å². The van der Waals surface area contributed by atoms with Gasteiger partial charge >= 0.3 is 103 Å². The first-order valence-electron chi connectivity index (χ1n) is 9.74. The standard InChI is InChI=1S/C20H37O6PS.2K/c1-6-26-27(21,22)20(28(23,24)25)16-8-7-12-18(4)14-10-15-19(5)13-9-11-17(2)3;;/h11-12,15,20H,6-10,13-14,16H2,1-5H3,(H,21,22)(H,23,24,25);;/q;2*+1/p-2/b18-12+,19-15+;;. The van der Waals surface area contributed by atoms with E-state index in [1.54, 1.807) is 0 Å². The van der Waals surface area contributed by atoms with Crippen molar-refractivity contribution in [3.05, 3.63) is 34.9 Å². The van der Waals surface area contributed by atoms with Crippen LogP contribution in [0.1, 0.15) is 79.6 Å². The second-order valence-electron chi connectivity index (χ2n) is 7.30. The molecule has 0 bridgehead atoms. The van der Waals surface area contributed by atoms with Gasteiger partial charge in [0.05, 0.1) is 6.61 Å². The van der Waals surface area contributed by atoms with E-state index in [0.29, 0.717) is 12.8 Å². The summed E-state index contributed by atoms with van der Waals surface area (Å²) in [5.41, 5.74) is 3.84. The molecule has 0 aromatic rings. The van der Waals surface area contributed by atoms with E-state index in [9.17, 15) is 22.4 Å². The number of hydrogen-bond acceptors (Lipinski definition) is 6. The van der Waals surface area contributed by atoms with Gasteiger partial charge in [0.15, 0.2) is 7.60 Å². The zero-order valence-electron chi connectivity index (χ0n) is 19.8. The molecule has 0 radical (unpaired) electrons. The van der Waals surface area contributed by atoms with Gasteiger partial charge < -0.3 is 18.5 Å². The molecule has 10 heteroatoms. The summed E-state index contributed by atoms with van der Waals surface area (Å²) >= 11 is 0. The predicted octanol–water partition coefficient (Wildman–Crippen LogP) is -0.955. The fourth-order valence-corrected chi connectivity index (χ4v) is 5.63. The van der Waals surface area contributed by atoms with Gasteiger partial charge in [0.2, 0.25) is 0 Å². The summed E-state index contributed by atoms with van der Waals surface area (Å²) in [6.45, 7) is 9.55. The van der Waals surface area contributed by atoms with Gasteiger partial charge in [-0.15, -0.1) is 0 Å². The van der Waals surface area contributed by atoms with Gasteiger partial charge in [-0.1, -0.05) is 34.9 Å². The third kappa shape index (κ3) is 18.9. The van der Waals surface area contributed by atoms with Crippen molar-refractivity contribution in [2.24, 2.45) is 0 Å². The van der Waals surface area contributed by atoms with Gasteiger partial charge in [0.1, 0.15) is 15.1 Å². The van der Waals surface area contributed by atoms with Crippen LogP contribution in [0.4, 0.5) is 0 Å². The van der Waals surface area contributed by atoms with Gasteiger partial charge in [-0.05, 0) is 79.6 Å². The van der Waals surface area contributed by atoms with E-state index < -0.39 is 22.7 Å². The maximum atomic E-state index is 11.8. The van der Waals surface area contributed by atoms with Crippen LogP contribution in [0.15, 0.2) is 34.9 Å². The Balaban J connectivity index is -0.00000364. The fourth-order valence-electron chi connectivity index (χ4n) is 2.70. The Hall–Kier alpha value is 2.55. The minimum absolute atomic E-state index is 0. The Kier molecular flexibility index (Phi) is 24.5. The minimum atomic E-state index is -4.97. The van der Waals surface area contributed by atoms with Crippen LogP contribution in [0.2, 0.25) is 0 Å². The second-order valence-corrected chi connectivity index (χ2v) is 11.2. The first kappa shape index (κ1) is 37.1. The summed E-state index contributed by atoms with van der Waals surface area (Å²) in [5, 5.41) is 0. The first-order chi connectivity index (χ1) is 12.9. The van der Waals surface area contributed by atoms with Crippen LogP contribution in [-0.4, -0.2) is 24.6 Å². The van der Waals surface area contributed by atoms with E-state index in [0.717, 1.165) is 31.3 Å². The van der Waals surface area contributed by atoms with Gasteiger partial charge in [-0.2, -0.15) is 0 Å². The predicted molar refractivity (Wildman–Crippen MR) is 112 cm³/mol. The summed E-state index contributed by atoms with van der Waals surface area (Å²) in [5.74, 6) is 0. The number of rotatable bonds is 14. The molecule has 0 aromatic carbocycles. The van der Waals surface area contributed by atoms with Crippen molar-refractivity contribution in [1.82, 2.24) is 0 Å². The zero-order valence-corrected chi connectivity index (χ0v) is 27.7. The van der Waals surface area contributed by atoms with Crippen molar-refractivity contribution < 1.29 is 130 Å². The quantitative estimate of drug-likeness (QED) is 0.0976. The molecule has 0 spiro atoms. The van der Waals surface area contributed by atoms with E-state index in [2.05, 4.69) is 37.4 Å². The first-order valence-corrected chi connectivity index (χ1v) is 12.8. The Morgan fingerprint density at radius 1 is 0.967 bits per heavy atom. The number of hydrogen-bond donors (Lipinski definition) is 0. The molecule has 0 saturated carbocycles. The molecule has 164 valence electrons. The monoisotopic (exact) mass is 512 g/mol. The normalized spacial score (nSPS) is 15.4. The van der Waals surface area contributed by atoms with Gasteiger partial charge in [-0.25, -0.2) is 8.42 Å². The Labute approximate surface area is 268 Å². The third-order valence-electron chi connectivity index (χ3n) is 4.27. The Bertz CT molecular complexity index is 713. The Morgan fingerprint density at radius 2 is 1.43 bits per heavy atom. The average Bonchev–Trinajstić information content (AvgIpc) is 2.52. The van der Waals surface area contributed by atoms with Crippen LogP contribution < -0.4 is 108 Å². The van der Waals surface area contributed by atoms with E-state index in [1.165, 1.54) is 18.1 Å². The molecular weight excluding hydrogens is 477 g/mol. The molecule has 0 fully saturated rings. The molecule has 0 saturated heterocycles. The van der Waals surface area contributed by atoms with E-state index >= 15 is 0 Å². The summed E-state index contributed by atoms with van der Waals surface area (Å²) < 4.78 is 50.1. The maximum absolute atomic E-state index is 11.8. The molecule has 0 aliphatic rings. The summed E-state index contributed by atoms with van der Waals surface area (Å²) in [6.07, 6.45) is 10.9. The molecule has 0 aliphatic heterocycles. The molecule has 0 rings (SSSR count). The Morgan fingerprint density at radius 3 is 1.87 bits per heavy atom. The molecule has 0 amide bonds. The maximum Gasteiger partial charge on any atom is 1.00 e. The average molecular weight is 513 g/mol. The molecule has 0 heterocycles. The fraction of sp³-hybridized carbons (Fsp3) is 0.700. The van der Waals surface area contributed by atoms with Crippen molar-refractivity contribution in [3.63, 3.8) is 0 Å². The SMILES string of the molecule is CCOP(=O)([O-])C(CCC/C=C(\C)CC/C=C(\C)CCC=C(C)C)S(=O)(=O)[O-].[K+].[K+]. The zero-order chi connectivity index (χ0) is 21.8. The molecular formula is C20H35K2O6PS. The summed E-state index contributed by atoms with van der Waals surface area (Å²) in [4.78, 5) is 9.81. The van der Waals surface area contributed by atoms with Gasteiger partial charge in [0.25, 0.3) is 0 Å². The van der Waals surface area contributed by atoms with Gasteiger partial charge in [-0.3, -0.25) is 0 Å². The van der Waals surface area contributed by atoms with Crippen molar-refractivity contribution >= 4 is 17.7 Å². The van der Waals surface area contributed by atoms with Gasteiger partial charge in [0, 0.05) is 0 Å². The third-order valence-corrected chi connectivity index (χ3v) is 8.30. The minimum Gasteiger partial charge on any atom is -0.778 e. The van der Waals surface area contributed by atoms with Crippen molar-refractivity contribution in [2.45, 2.75) is 84.6 Å². The summed E-state index contributed by atoms with van der Waals surface area (Å²) in [7, 11) is -9.68. The molecule has 2 atom stereocenters. The molecule has 2 unspecified atom stereocenters. The number of allylic oxidation sites excluding steroid dienone is 6. The van der Waals surface area contributed by atoms with E-state index in [-0.39, 0.29) is 116 Å². The molecule has 0 aliphatic carbocycles. The smallest absolute Gasteiger partial charge is 0.778 e. The molecule has 30 heavy (non-hydrogen) atoms. The van der Waals surface area contributed by atoms with Crippen LogP contribution in [0.25, 0.3) is 0 Å².